The molecule has 0 saturated heterocycles. The third-order valence-corrected chi connectivity index (χ3v) is 8.10. The van der Waals surface area contributed by atoms with E-state index in [9.17, 15) is 0 Å². The molecular formula is C15H37AlN4. The summed E-state index contributed by atoms with van der Waals surface area (Å²) in [6.07, 6.45) is 1.27. The van der Waals surface area contributed by atoms with Crippen LogP contribution in [0.4, 0.5) is 0 Å². The SMILES string of the molecule is CC[N](CC)[Al]([N](CC)CC)[N](CC)CCCN(C)C. The second kappa shape index (κ2) is 12.0. The van der Waals surface area contributed by atoms with Crippen LogP contribution < -0.4 is 0 Å². The quantitative estimate of drug-likeness (QED) is 0.511. The normalized spacial score (nSPS) is 12.2. The number of hydrogen-bond donors (Lipinski definition) is 0. The lowest BCUT2D eigenvalue weighted by molar-refractivity contribution is 0.277. The first-order chi connectivity index (χ1) is 9.55. The lowest BCUT2D eigenvalue weighted by atomic mass is 10.4. The highest BCUT2D eigenvalue weighted by Gasteiger charge is 2.38. The molecule has 0 aliphatic carbocycles. The summed E-state index contributed by atoms with van der Waals surface area (Å²) in [5.41, 5.74) is 0. The predicted molar refractivity (Wildman–Crippen MR) is 92.0 cm³/mol. The first kappa shape index (κ1) is 20.4. The lowest BCUT2D eigenvalue weighted by Gasteiger charge is -2.40. The van der Waals surface area contributed by atoms with Crippen molar-refractivity contribution in [3.8, 4) is 0 Å². The largest absolute Gasteiger partial charge is 0.609 e. The van der Waals surface area contributed by atoms with Crippen LogP contribution in [0.5, 0.6) is 0 Å². The smallest absolute Gasteiger partial charge is 0.357 e. The summed E-state index contributed by atoms with van der Waals surface area (Å²) < 4.78 is 8.20. The third-order valence-electron chi connectivity index (χ3n) is 4.06. The minimum atomic E-state index is -1.16. The molecule has 0 rings (SSSR count). The summed E-state index contributed by atoms with van der Waals surface area (Å²) in [5.74, 6) is 0. The van der Waals surface area contributed by atoms with Gasteiger partial charge in [0.2, 0.25) is 0 Å². The maximum Gasteiger partial charge on any atom is 0.609 e. The van der Waals surface area contributed by atoms with Crippen molar-refractivity contribution in [1.29, 1.82) is 0 Å². The van der Waals surface area contributed by atoms with Crippen molar-refractivity contribution in [2.45, 2.75) is 41.0 Å². The second-order valence-corrected chi connectivity index (χ2v) is 8.46. The van der Waals surface area contributed by atoms with Crippen LogP contribution in [0, 0.1) is 0 Å². The summed E-state index contributed by atoms with van der Waals surface area (Å²) in [6, 6.07) is 0. The van der Waals surface area contributed by atoms with Crippen LogP contribution in [0.15, 0.2) is 0 Å². The van der Waals surface area contributed by atoms with Crippen LogP contribution in [0.25, 0.3) is 0 Å². The van der Waals surface area contributed by atoms with E-state index < -0.39 is 14.8 Å². The van der Waals surface area contributed by atoms with Crippen LogP contribution in [-0.4, -0.2) is 91.3 Å². The molecule has 5 heteroatoms. The average molecular weight is 300 g/mol. The molecule has 0 aromatic heterocycles. The zero-order chi connectivity index (χ0) is 15.5. The van der Waals surface area contributed by atoms with E-state index in [1.807, 2.05) is 0 Å². The van der Waals surface area contributed by atoms with Gasteiger partial charge in [-0.3, -0.25) is 0 Å². The van der Waals surface area contributed by atoms with Crippen molar-refractivity contribution in [2.75, 3.05) is 59.9 Å². The van der Waals surface area contributed by atoms with Gasteiger partial charge in [0.15, 0.2) is 0 Å². The van der Waals surface area contributed by atoms with E-state index in [4.69, 9.17) is 0 Å². The minimum Gasteiger partial charge on any atom is -0.357 e. The Hall–Kier alpha value is 0.372. The van der Waals surface area contributed by atoms with Gasteiger partial charge >= 0.3 is 14.8 Å². The van der Waals surface area contributed by atoms with Crippen molar-refractivity contribution < 1.29 is 0 Å². The highest BCUT2D eigenvalue weighted by Crippen LogP contribution is 2.08. The van der Waals surface area contributed by atoms with E-state index in [1.54, 1.807) is 0 Å². The average Bonchev–Trinajstić information content (AvgIpc) is 2.44. The molecule has 0 radical (unpaired) electrons. The highest BCUT2D eigenvalue weighted by atomic mass is 27.2. The van der Waals surface area contributed by atoms with Crippen molar-refractivity contribution in [3.63, 3.8) is 0 Å². The first-order valence-electron chi connectivity index (χ1n) is 8.42. The van der Waals surface area contributed by atoms with Gasteiger partial charge in [0.1, 0.15) is 0 Å². The van der Waals surface area contributed by atoms with E-state index in [2.05, 4.69) is 65.3 Å². The first-order valence-corrected chi connectivity index (χ1v) is 9.97. The van der Waals surface area contributed by atoms with Crippen LogP contribution in [0.1, 0.15) is 41.0 Å². The Morgan fingerprint density at radius 3 is 1.30 bits per heavy atom. The van der Waals surface area contributed by atoms with Gasteiger partial charge in [-0.05, 0) is 66.3 Å². The molecule has 0 bridgehead atoms. The van der Waals surface area contributed by atoms with Gasteiger partial charge in [-0.15, -0.1) is 0 Å². The van der Waals surface area contributed by atoms with E-state index in [0.29, 0.717) is 0 Å². The number of rotatable bonds is 12. The molecular weight excluding hydrogens is 263 g/mol. The Bertz CT molecular complexity index is 206. The molecule has 120 valence electrons. The van der Waals surface area contributed by atoms with E-state index >= 15 is 0 Å². The van der Waals surface area contributed by atoms with Gasteiger partial charge in [-0.25, -0.2) is 0 Å². The summed E-state index contributed by atoms with van der Waals surface area (Å²) in [6.45, 7) is 19.8. The summed E-state index contributed by atoms with van der Waals surface area (Å²) >= 11 is -1.16. The molecule has 20 heavy (non-hydrogen) atoms. The molecule has 4 nitrogen and oxygen atoms in total. The topological polar surface area (TPSA) is 13.0 Å². The second-order valence-electron chi connectivity index (χ2n) is 5.57. The fraction of sp³-hybridized carbons (Fsp3) is 1.00. The monoisotopic (exact) mass is 300 g/mol. The van der Waals surface area contributed by atoms with Gasteiger partial charge < -0.3 is 16.6 Å². The van der Waals surface area contributed by atoms with Crippen LogP contribution in [-0.2, 0) is 0 Å². The summed E-state index contributed by atoms with van der Waals surface area (Å²) in [5, 5.41) is 0. The lowest BCUT2D eigenvalue weighted by Crippen LogP contribution is -2.63. The van der Waals surface area contributed by atoms with Gasteiger partial charge in [0.25, 0.3) is 0 Å². The van der Waals surface area contributed by atoms with Gasteiger partial charge in [0.05, 0.1) is 0 Å². The minimum absolute atomic E-state index is 1.16. The third kappa shape index (κ3) is 6.89. The van der Waals surface area contributed by atoms with Gasteiger partial charge in [0, 0.05) is 0 Å². The molecule has 0 saturated carbocycles. The van der Waals surface area contributed by atoms with E-state index in [-0.39, 0.29) is 0 Å². The molecule has 0 atom stereocenters. The predicted octanol–water partition coefficient (Wildman–Crippen LogP) is 1.93. The summed E-state index contributed by atoms with van der Waals surface area (Å²) in [7, 11) is 4.33. The Morgan fingerprint density at radius 2 is 1.00 bits per heavy atom. The maximum absolute atomic E-state index is 2.77. The van der Waals surface area contributed by atoms with Crippen molar-refractivity contribution in [2.24, 2.45) is 0 Å². The van der Waals surface area contributed by atoms with Crippen LogP contribution in [0.2, 0.25) is 0 Å². The molecule has 0 N–H and O–H groups in total. The number of nitrogens with zero attached hydrogens (tertiary/aromatic N) is 4. The Balaban J connectivity index is 4.83. The van der Waals surface area contributed by atoms with Gasteiger partial charge in [-0.2, -0.15) is 0 Å². The standard InChI is InChI=1S/C7H17N2.2C4H10N.Al/c1-4-8-6-5-7-9(2)3;2*1-3-5-4-2;/h4-7H2,1-3H3;2*3-4H2,1-2H3;/q3*-1;+3. The molecule has 0 amide bonds. The fourth-order valence-corrected chi connectivity index (χ4v) is 6.25. The molecule has 0 aliphatic rings. The Kier molecular flexibility index (Phi) is 12.2. The van der Waals surface area contributed by atoms with Crippen molar-refractivity contribution >= 4 is 14.8 Å². The molecule has 0 heterocycles. The van der Waals surface area contributed by atoms with Crippen LogP contribution >= 0.6 is 0 Å². The van der Waals surface area contributed by atoms with E-state index in [0.717, 1.165) is 0 Å². The fourth-order valence-electron chi connectivity index (χ4n) is 2.82. The Labute approximate surface area is 132 Å². The molecule has 0 aromatic carbocycles. The van der Waals surface area contributed by atoms with Crippen molar-refractivity contribution in [3.05, 3.63) is 0 Å². The summed E-state index contributed by atoms with van der Waals surface area (Å²) in [4.78, 5) is 2.29. The highest BCUT2D eigenvalue weighted by molar-refractivity contribution is 6.49. The molecule has 0 fully saturated rings. The zero-order valence-electron chi connectivity index (χ0n) is 15.0. The molecule has 0 aromatic rings. The molecule has 0 aliphatic heterocycles. The Morgan fingerprint density at radius 1 is 0.600 bits per heavy atom. The molecule has 0 spiro atoms. The molecule has 0 unspecified atom stereocenters. The number of hydrogen-bond acceptors (Lipinski definition) is 4. The van der Waals surface area contributed by atoms with Crippen molar-refractivity contribution in [1.82, 2.24) is 16.6 Å². The van der Waals surface area contributed by atoms with Crippen LogP contribution in [0.3, 0.4) is 0 Å². The van der Waals surface area contributed by atoms with Gasteiger partial charge in [-0.1, -0.05) is 34.6 Å². The van der Waals surface area contributed by atoms with E-state index in [1.165, 1.54) is 52.2 Å². The maximum atomic E-state index is 2.77. The zero-order valence-corrected chi connectivity index (χ0v) is 16.2.